The van der Waals surface area contributed by atoms with Gasteiger partial charge in [-0.25, -0.2) is 4.90 Å². The molecule has 2 aliphatic heterocycles. The Morgan fingerprint density at radius 3 is 2.34 bits per heavy atom. The molecule has 5 heteroatoms. The van der Waals surface area contributed by atoms with Crippen LogP contribution in [0.25, 0.3) is 5.57 Å². The Labute approximate surface area is 190 Å². The van der Waals surface area contributed by atoms with Crippen molar-refractivity contribution in [3.8, 4) is 5.75 Å². The third-order valence-corrected chi connectivity index (χ3v) is 6.14. The van der Waals surface area contributed by atoms with Crippen molar-refractivity contribution in [2.45, 2.75) is 53.6 Å². The highest BCUT2D eigenvalue weighted by molar-refractivity contribution is 6.45. The van der Waals surface area contributed by atoms with Crippen molar-refractivity contribution in [1.82, 2.24) is 4.90 Å². The Morgan fingerprint density at radius 2 is 1.72 bits per heavy atom. The molecule has 2 amide bonds. The first-order valence-corrected chi connectivity index (χ1v) is 11.5. The summed E-state index contributed by atoms with van der Waals surface area (Å²) in [5, 5.41) is 0. The number of hydrogen-bond acceptors (Lipinski definition) is 4. The zero-order chi connectivity index (χ0) is 23.0. The van der Waals surface area contributed by atoms with Crippen LogP contribution in [0.3, 0.4) is 0 Å². The van der Waals surface area contributed by atoms with Crippen LogP contribution in [0.15, 0.2) is 48.2 Å². The molecule has 0 aromatic heterocycles. The van der Waals surface area contributed by atoms with E-state index < -0.39 is 0 Å². The predicted octanol–water partition coefficient (Wildman–Crippen LogP) is 5.11. The lowest BCUT2D eigenvalue weighted by atomic mass is 9.97. The van der Waals surface area contributed by atoms with Gasteiger partial charge in [0.05, 0.1) is 17.4 Å². The van der Waals surface area contributed by atoms with Crippen molar-refractivity contribution >= 4 is 23.1 Å². The smallest absolute Gasteiger partial charge is 0.282 e. The molecule has 4 rings (SSSR count). The molecule has 1 unspecified atom stereocenters. The Morgan fingerprint density at radius 1 is 1.00 bits per heavy atom. The van der Waals surface area contributed by atoms with Gasteiger partial charge in [-0.05, 0) is 75.8 Å². The monoisotopic (exact) mass is 432 g/mol. The van der Waals surface area contributed by atoms with Gasteiger partial charge >= 0.3 is 0 Å². The molecular weight excluding hydrogens is 400 g/mol. The number of ether oxygens (including phenoxy) is 1. The molecule has 32 heavy (non-hydrogen) atoms. The van der Waals surface area contributed by atoms with Crippen LogP contribution in [0.4, 0.5) is 5.69 Å². The molecule has 2 heterocycles. The van der Waals surface area contributed by atoms with Crippen LogP contribution < -0.4 is 9.64 Å². The van der Waals surface area contributed by atoms with Crippen LogP contribution in [0.5, 0.6) is 5.75 Å². The molecule has 0 saturated carbocycles. The van der Waals surface area contributed by atoms with E-state index in [2.05, 4.69) is 11.8 Å². The second-order valence-corrected chi connectivity index (χ2v) is 9.34. The van der Waals surface area contributed by atoms with E-state index in [1.807, 2.05) is 70.2 Å². The number of carbonyl (C=O) groups is 2. The molecule has 2 aliphatic rings. The van der Waals surface area contributed by atoms with Gasteiger partial charge in [0, 0.05) is 13.1 Å². The molecule has 1 saturated heterocycles. The number of carbonyl (C=O) groups excluding carboxylic acids is 2. The van der Waals surface area contributed by atoms with Gasteiger partial charge in [0.2, 0.25) is 0 Å². The van der Waals surface area contributed by atoms with Crippen molar-refractivity contribution in [3.63, 3.8) is 0 Å². The third-order valence-electron chi connectivity index (χ3n) is 6.14. The summed E-state index contributed by atoms with van der Waals surface area (Å²) in [5.41, 5.74) is 4.44. The van der Waals surface area contributed by atoms with Crippen molar-refractivity contribution in [2.75, 3.05) is 18.0 Å². The van der Waals surface area contributed by atoms with Gasteiger partial charge < -0.3 is 9.64 Å². The number of piperidine rings is 1. The van der Waals surface area contributed by atoms with Crippen LogP contribution in [-0.4, -0.2) is 35.9 Å². The maximum absolute atomic E-state index is 13.7. The third kappa shape index (κ3) is 4.16. The van der Waals surface area contributed by atoms with Gasteiger partial charge in [0.25, 0.3) is 11.8 Å². The van der Waals surface area contributed by atoms with Crippen LogP contribution in [0.2, 0.25) is 0 Å². The van der Waals surface area contributed by atoms with E-state index in [1.165, 1.54) is 4.90 Å². The Hall–Kier alpha value is -3.08. The number of nitrogens with zero attached hydrogens (tertiary/aromatic N) is 2. The van der Waals surface area contributed by atoms with Gasteiger partial charge in [0.1, 0.15) is 11.4 Å². The summed E-state index contributed by atoms with van der Waals surface area (Å²) < 4.78 is 5.77. The molecule has 5 nitrogen and oxygen atoms in total. The lowest BCUT2D eigenvalue weighted by molar-refractivity contribution is -0.120. The number of hydrogen-bond donors (Lipinski definition) is 0. The molecule has 0 N–H and O–H groups in total. The van der Waals surface area contributed by atoms with Crippen LogP contribution in [0.1, 0.15) is 50.3 Å². The first kappa shape index (κ1) is 22.1. The predicted molar refractivity (Wildman–Crippen MR) is 128 cm³/mol. The van der Waals surface area contributed by atoms with E-state index in [1.54, 1.807) is 0 Å². The maximum atomic E-state index is 13.7. The van der Waals surface area contributed by atoms with Crippen molar-refractivity contribution in [3.05, 3.63) is 64.9 Å². The normalized spacial score (nSPS) is 19.4. The summed E-state index contributed by atoms with van der Waals surface area (Å²) >= 11 is 0. The summed E-state index contributed by atoms with van der Waals surface area (Å²) in [5.74, 6) is 0.749. The molecule has 1 fully saturated rings. The average molecular weight is 433 g/mol. The summed E-state index contributed by atoms with van der Waals surface area (Å²) in [6.07, 6.45) is 2.23. The number of likely N-dealkylation sites (tertiary alicyclic amines) is 1. The topological polar surface area (TPSA) is 49.9 Å². The zero-order valence-corrected chi connectivity index (χ0v) is 19.6. The second-order valence-electron chi connectivity index (χ2n) is 9.34. The summed E-state index contributed by atoms with van der Waals surface area (Å²) in [4.78, 5) is 31.0. The van der Waals surface area contributed by atoms with Gasteiger partial charge in [0.15, 0.2) is 0 Å². The van der Waals surface area contributed by atoms with Crippen LogP contribution >= 0.6 is 0 Å². The van der Waals surface area contributed by atoms with Crippen molar-refractivity contribution in [1.29, 1.82) is 0 Å². The standard InChI is InChI=1S/C27H32N2O3/c1-17(2)32-22-11-9-21(10-12-22)24-25(28-14-6-7-19(4)16-28)27(31)29(26(24)30)23-13-8-18(3)15-20(23)5/h8-13,15,17,19H,6-7,14,16H2,1-5H3. The number of rotatable bonds is 5. The minimum Gasteiger partial charge on any atom is -0.491 e. The molecular formula is C27H32N2O3. The van der Waals surface area contributed by atoms with E-state index in [9.17, 15) is 9.59 Å². The Bertz CT molecular complexity index is 1070. The van der Waals surface area contributed by atoms with Crippen LogP contribution in [0, 0.1) is 19.8 Å². The van der Waals surface area contributed by atoms with Gasteiger partial charge in [-0.15, -0.1) is 0 Å². The van der Waals surface area contributed by atoms with Gasteiger partial charge in [-0.2, -0.15) is 0 Å². The minimum atomic E-state index is -0.257. The van der Waals surface area contributed by atoms with Crippen molar-refractivity contribution < 1.29 is 14.3 Å². The Balaban J connectivity index is 1.79. The summed E-state index contributed by atoms with van der Waals surface area (Å²) in [6.45, 7) is 11.7. The number of imide groups is 1. The number of amides is 2. The lowest BCUT2D eigenvalue weighted by Gasteiger charge is -2.33. The SMILES string of the molecule is Cc1ccc(N2C(=O)C(c3ccc(OC(C)C)cc3)=C(N3CCCC(C)C3)C2=O)c(C)c1. The van der Waals surface area contributed by atoms with Gasteiger partial charge in [-0.3, -0.25) is 9.59 Å². The zero-order valence-electron chi connectivity index (χ0n) is 19.6. The van der Waals surface area contributed by atoms with E-state index in [4.69, 9.17) is 4.74 Å². The fourth-order valence-corrected chi connectivity index (χ4v) is 4.71. The van der Waals surface area contributed by atoms with Crippen molar-refractivity contribution in [2.24, 2.45) is 5.92 Å². The van der Waals surface area contributed by atoms with E-state index in [-0.39, 0.29) is 17.9 Å². The number of aryl methyl sites for hydroxylation is 2. The largest absolute Gasteiger partial charge is 0.491 e. The maximum Gasteiger partial charge on any atom is 0.282 e. The number of anilines is 1. The number of benzene rings is 2. The fraction of sp³-hybridized carbons (Fsp3) is 0.407. The van der Waals surface area contributed by atoms with E-state index in [0.717, 1.165) is 48.4 Å². The van der Waals surface area contributed by atoms with Gasteiger partial charge in [-0.1, -0.05) is 36.8 Å². The molecule has 2 aromatic rings. The molecule has 0 spiro atoms. The van der Waals surface area contributed by atoms with E-state index >= 15 is 0 Å². The quantitative estimate of drug-likeness (QED) is 0.617. The highest BCUT2D eigenvalue weighted by Crippen LogP contribution is 2.38. The fourth-order valence-electron chi connectivity index (χ4n) is 4.71. The first-order valence-electron chi connectivity index (χ1n) is 11.5. The first-order chi connectivity index (χ1) is 15.3. The second kappa shape index (κ2) is 8.81. The highest BCUT2D eigenvalue weighted by Gasteiger charge is 2.43. The lowest BCUT2D eigenvalue weighted by Crippen LogP contribution is -2.39. The minimum absolute atomic E-state index is 0.0696. The molecule has 168 valence electrons. The molecule has 0 aliphatic carbocycles. The molecule has 0 radical (unpaired) electrons. The molecule has 0 bridgehead atoms. The van der Waals surface area contributed by atoms with Crippen LogP contribution in [-0.2, 0) is 9.59 Å². The molecule has 1 atom stereocenters. The summed E-state index contributed by atoms with van der Waals surface area (Å²) in [6, 6.07) is 13.3. The molecule has 2 aromatic carbocycles. The highest BCUT2D eigenvalue weighted by atomic mass is 16.5. The Kier molecular flexibility index (Phi) is 6.09. The summed E-state index contributed by atoms with van der Waals surface area (Å²) in [7, 11) is 0. The van der Waals surface area contributed by atoms with E-state index in [0.29, 0.717) is 22.9 Å². The average Bonchev–Trinajstić information content (AvgIpc) is 2.99.